The molecule has 0 bridgehead atoms. The van der Waals surface area contributed by atoms with Crippen molar-refractivity contribution in [2.45, 2.75) is 18.5 Å². The number of hydrogen-bond acceptors (Lipinski definition) is 1. The third-order valence-electron chi connectivity index (χ3n) is 2.57. The number of benzene rings is 1. The van der Waals surface area contributed by atoms with Crippen LogP contribution in [0.15, 0.2) is 30.8 Å². The van der Waals surface area contributed by atoms with Crippen LogP contribution in [0, 0.1) is 0 Å². The fourth-order valence-corrected chi connectivity index (χ4v) is 1.69. The topological polar surface area (TPSA) is 17.1 Å². The van der Waals surface area contributed by atoms with Gasteiger partial charge in [0.05, 0.1) is 0 Å². The Balaban J connectivity index is 2.29. The van der Waals surface area contributed by atoms with Crippen molar-refractivity contribution in [2.75, 3.05) is 0 Å². The van der Waals surface area contributed by atoms with Crippen LogP contribution >= 0.6 is 11.6 Å². The van der Waals surface area contributed by atoms with Gasteiger partial charge in [0.1, 0.15) is 0 Å². The lowest BCUT2D eigenvalue weighted by Gasteiger charge is -2.08. The molecule has 1 aliphatic carbocycles. The van der Waals surface area contributed by atoms with Crippen LogP contribution in [0.25, 0.3) is 5.57 Å². The van der Waals surface area contributed by atoms with Gasteiger partial charge in [-0.3, -0.25) is 4.79 Å². The fraction of sp³-hybridized carbons (Fsp3) is 0.250. The minimum absolute atomic E-state index is 0.167. The molecule has 15 heavy (non-hydrogen) atoms. The van der Waals surface area contributed by atoms with E-state index in [-0.39, 0.29) is 5.57 Å². The molecule has 3 heteroatoms. The van der Waals surface area contributed by atoms with Gasteiger partial charge >= 0.3 is 0 Å². The van der Waals surface area contributed by atoms with E-state index in [9.17, 15) is 9.18 Å². The second kappa shape index (κ2) is 3.46. The Bertz CT molecular complexity index is 435. The Morgan fingerprint density at radius 3 is 2.53 bits per heavy atom. The smallest absolute Gasteiger partial charge is 0.200 e. The van der Waals surface area contributed by atoms with Gasteiger partial charge < -0.3 is 0 Å². The minimum atomic E-state index is -1.67. The molecule has 1 fully saturated rings. The summed E-state index contributed by atoms with van der Waals surface area (Å²) in [5.74, 6) is -0.532. The summed E-state index contributed by atoms with van der Waals surface area (Å²) in [6.45, 7) is 3.62. The minimum Gasteiger partial charge on any atom is -0.291 e. The van der Waals surface area contributed by atoms with Crippen molar-refractivity contribution >= 4 is 23.0 Å². The van der Waals surface area contributed by atoms with Crippen molar-refractivity contribution in [3.05, 3.63) is 41.4 Å². The van der Waals surface area contributed by atoms with Crippen molar-refractivity contribution in [2.24, 2.45) is 0 Å². The first kappa shape index (κ1) is 10.4. The van der Waals surface area contributed by atoms with E-state index in [0.717, 1.165) is 0 Å². The van der Waals surface area contributed by atoms with Crippen molar-refractivity contribution in [3.63, 3.8) is 0 Å². The number of ketones is 1. The lowest BCUT2D eigenvalue weighted by Crippen LogP contribution is -2.17. The van der Waals surface area contributed by atoms with Gasteiger partial charge in [0.25, 0.3) is 0 Å². The SMILES string of the molecule is C=C(C(=O)C1(F)CC1)c1ccccc1Cl. The molecule has 2 rings (SSSR count). The number of Topliss-reactive ketones (excluding diaryl/α,β-unsaturated/α-hetero) is 1. The molecule has 0 atom stereocenters. The number of carbonyl (C=O) groups excluding carboxylic acids is 1. The largest absolute Gasteiger partial charge is 0.291 e. The lowest BCUT2D eigenvalue weighted by atomic mass is 10.00. The summed E-state index contributed by atoms with van der Waals surface area (Å²) < 4.78 is 13.5. The molecule has 0 radical (unpaired) electrons. The van der Waals surface area contributed by atoms with Gasteiger partial charge in [0.15, 0.2) is 11.5 Å². The number of halogens is 2. The van der Waals surface area contributed by atoms with Gasteiger partial charge in [-0.25, -0.2) is 4.39 Å². The third-order valence-corrected chi connectivity index (χ3v) is 2.90. The molecule has 1 aromatic rings. The first-order chi connectivity index (χ1) is 7.04. The van der Waals surface area contributed by atoms with Crippen LogP contribution < -0.4 is 0 Å². The highest BCUT2D eigenvalue weighted by Crippen LogP contribution is 2.44. The first-order valence-corrected chi connectivity index (χ1v) is 5.10. The molecule has 1 aliphatic rings. The molecule has 0 N–H and O–H groups in total. The maximum Gasteiger partial charge on any atom is 0.200 e. The van der Waals surface area contributed by atoms with E-state index in [4.69, 9.17) is 11.6 Å². The van der Waals surface area contributed by atoms with Gasteiger partial charge in [-0.1, -0.05) is 36.4 Å². The van der Waals surface area contributed by atoms with E-state index in [1.165, 1.54) is 0 Å². The van der Waals surface area contributed by atoms with Crippen LogP contribution in [0.3, 0.4) is 0 Å². The highest BCUT2D eigenvalue weighted by Gasteiger charge is 2.51. The Kier molecular flexibility index (Phi) is 2.39. The summed E-state index contributed by atoms with van der Waals surface area (Å²) in [7, 11) is 0. The van der Waals surface area contributed by atoms with E-state index in [0.29, 0.717) is 23.4 Å². The van der Waals surface area contributed by atoms with Crippen LogP contribution in [-0.4, -0.2) is 11.5 Å². The summed E-state index contributed by atoms with van der Waals surface area (Å²) >= 11 is 5.90. The zero-order chi connectivity index (χ0) is 11.1. The number of rotatable bonds is 3. The highest BCUT2D eigenvalue weighted by atomic mass is 35.5. The zero-order valence-electron chi connectivity index (χ0n) is 8.09. The van der Waals surface area contributed by atoms with Crippen molar-refractivity contribution in [3.8, 4) is 0 Å². The third kappa shape index (κ3) is 1.82. The molecule has 0 heterocycles. The zero-order valence-corrected chi connectivity index (χ0v) is 8.85. The van der Waals surface area contributed by atoms with Crippen molar-refractivity contribution in [1.29, 1.82) is 0 Å². The van der Waals surface area contributed by atoms with Crippen molar-refractivity contribution < 1.29 is 9.18 Å². The van der Waals surface area contributed by atoms with Crippen LogP contribution in [0.4, 0.5) is 4.39 Å². The van der Waals surface area contributed by atoms with E-state index >= 15 is 0 Å². The molecule has 0 aliphatic heterocycles. The summed E-state index contributed by atoms with van der Waals surface area (Å²) in [6, 6.07) is 6.84. The Morgan fingerprint density at radius 2 is 2.00 bits per heavy atom. The van der Waals surface area contributed by atoms with Crippen LogP contribution in [0.1, 0.15) is 18.4 Å². The summed E-state index contributed by atoms with van der Waals surface area (Å²) in [4.78, 5) is 11.6. The Labute approximate surface area is 92.6 Å². The molecule has 0 aromatic heterocycles. The van der Waals surface area contributed by atoms with E-state index in [1.807, 2.05) is 0 Å². The van der Waals surface area contributed by atoms with Gasteiger partial charge in [0, 0.05) is 16.2 Å². The molecule has 1 aromatic carbocycles. The Hall–Kier alpha value is -1.15. The second-order valence-electron chi connectivity index (χ2n) is 3.75. The predicted octanol–water partition coefficient (Wildman–Crippen LogP) is 3.42. The molecule has 0 saturated heterocycles. The lowest BCUT2D eigenvalue weighted by molar-refractivity contribution is -0.119. The first-order valence-electron chi connectivity index (χ1n) is 4.72. The highest BCUT2D eigenvalue weighted by molar-refractivity contribution is 6.35. The number of alkyl halides is 1. The molecule has 1 nitrogen and oxygen atoms in total. The van der Waals surface area contributed by atoms with Gasteiger partial charge in [0.2, 0.25) is 0 Å². The molecular weight excluding hydrogens is 215 g/mol. The van der Waals surface area contributed by atoms with Crippen LogP contribution in [0.5, 0.6) is 0 Å². The molecule has 0 unspecified atom stereocenters. The van der Waals surface area contributed by atoms with Gasteiger partial charge in [-0.05, 0) is 18.9 Å². The van der Waals surface area contributed by atoms with Gasteiger partial charge in [-0.2, -0.15) is 0 Å². The fourth-order valence-electron chi connectivity index (χ4n) is 1.44. The normalized spacial score (nSPS) is 17.2. The number of carbonyl (C=O) groups is 1. The van der Waals surface area contributed by atoms with Gasteiger partial charge in [-0.15, -0.1) is 0 Å². The van der Waals surface area contributed by atoms with E-state index in [2.05, 4.69) is 6.58 Å². The monoisotopic (exact) mass is 224 g/mol. The summed E-state index contributed by atoms with van der Waals surface area (Å²) in [5.41, 5.74) is -0.982. The average Bonchev–Trinajstić information content (AvgIpc) is 2.96. The quantitative estimate of drug-likeness (QED) is 0.719. The molecule has 1 saturated carbocycles. The van der Waals surface area contributed by atoms with Crippen LogP contribution in [-0.2, 0) is 4.79 Å². The molecule has 0 spiro atoms. The maximum atomic E-state index is 13.5. The molecule has 0 amide bonds. The maximum absolute atomic E-state index is 13.5. The molecular formula is C12H10ClFO. The van der Waals surface area contributed by atoms with Crippen LogP contribution in [0.2, 0.25) is 5.02 Å². The summed E-state index contributed by atoms with van der Waals surface area (Å²) in [5, 5.41) is 0.431. The second-order valence-corrected chi connectivity index (χ2v) is 4.16. The number of hydrogen-bond donors (Lipinski definition) is 0. The van der Waals surface area contributed by atoms with E-state index in [1.54, 1.807) is 24.3 Å². The van der Waals surface area contributed by atoms with E-state index < -0.39 is 11.5 Å². The standard InChI is InChI=1S/C12H10ClFO/c1-8(11(15)12(14)6-7-12)9-4-2-3-5-10(9)13/h2-5H,1,6-7H2. The summed E-state index contributed by atoms with van der Waals surface area (Å²) in [6.07, 6.45) is 0.602. The Morgan fingerprint density at radius 1 is 1.40 bits per heavy atom. The average molecular weight is 225 g/mol. The predicted molar refractivity (Wildman–Crippen MR) is 58.6 cm³/mol. The molecule has 78 valence electrons. The number of allylic oxidation sites excluding steroid dienone is 1. The van der Waals surface area contributed by atoms with Crippen molar-refractivity contribution in [1.82, 2.24) is 0 Å².